The van der Waals surface area contributed by atoms with Gasteiger partial charge in [-0.05, 0) is 18.2 Å². The summed E-state index contributed by atoms with van der Waals surface area (Å²) in [6, 6.07) is 7.26. The number of thioether (sulfide) groups is 1. The van der Waals surface area contributed by atoms with E-state index in [-0.39, 0.29) is 5.91 Å². The smallest absolute Gasteiger partial charge is 0.238 e. The highest BCUT2D eigenvalue weighted by Gasteiger charge is 2.18. The van der Waals surface area contributed by atoms with E-state index < -0.39 is 0 Å². The van der Waals surface area contributed by atoms with Crippen molar-refractivity contribution in [3.8, 4) is 0 Å². The molecule has 0 radical (unpaired) electrons. The van der Waals surface area contributed by atoms with E-state index in [1.54, 1.807) is 12.1 Å². The van der Waals surface area contributed by atoms with Crippen LogP contribution in [0.5, 0.6) is 0 Å². The zero-order valence-electron chi connectivity index (χ0n) is 10.6. The molecule has 2 rings (SSSR count). The van der Waals surface area contributed by atoms with Gasteiger partial charge in [0.25, 0.3) is 0 Å². The second kappa shape index (κ2) is 6.11. The van der Waals surface area contributed by atoms with Crippen molar-refractivity contribution in [2.75, 3.05) is 36.4 Å². The number of hydrogen-bond acceptors (Lipinski definition) is 4. The van der Waals surface area contributed by atoms with Gasteiger partial charge < -0.3 is 11.1 Å². The van der Waals surface area contributed by atoms with E-state index >= 15 is 0 Å². The quantitative estimate of drug-likeness (QED) is 0.816. The average molecular weight is 265 g/mol. The molecule has 0 aromatic heterocycles. The van der Waals surface area contributed by atoms with E-state index in [2.05, 4.69) is 17.1 Å². The first-order valence-corrected chi connectivity index (χ1v) is 7.18. The first-order chi connectivity index (χ1) is 8.63. The molecule has 1 amide bonds. The summed E-state index contributed by atoms with van der Waals surface area (Å²) in [5.41, 5.74) is 7.10. The highest BCUT2D eigenvalue weighted by Crippen LogP contribution is 2.17. The Balaban J connectivity index is 1.85. The Morgan fingerprint density at radius 3 is 3.17 bits per heavy atom. The van der Waals surface area contributed by atoms with E-state index in [1.165, 1.54) is 0 Å². The molecule has 5 heteroatoms. The fourth-order valence-electron chi connectivity index (χ4n) is 2.05. The summed E-state index contributed by atoms with van der Waals surface area (Å²) >= 11 is 1.96. The number of rotatable bonds is 3. The van der Waals surface area contributed by atoms with Crippen molar-refractivity contribution >= 4 is 29.0 Å². The molecule has 1 aromatic rings. The van der Waals surface area contributed by atoms with Gasteiger partial charge >= 0.3 is 0 Å². The van der Waals surface area contributed by atoms with Crippen LogP contribution in [0.25, 0.3) is 0 Å². The number of carbonyl (C=O) groups excluding carboxylic acids is 1. The van der Waals surface area contributed by atoms with Gasteiger partial charge in [0.2, 0.25) is 5.91 Å². The zero-order valence-corrected chi connectivity index (χ0v) is 11.4. The molecule has 0 aliphatic carbocycles. The summed E-state index contributed by atoms with van der Waals surface area (Å²) in [7, 11) is 0. The number of anilines is 2. The Kier molecular flexibility index (Phi) is 4.49. The second-order valence-electron chi connectivity index (χ2n) is 4.59. The number of benzene rings is 1. The molecule has 1 unspecified atom stereocenters. The largest absolute Gasteiger partial charge is 0.399 e. The molecule has 1 aliphatic rings. The van der Waals surface area contributed by atoms with Gasteiger partial charge in [0, 0.05) is 35.5 Å². The maximum absolute atomic E-state index is 11.9. The summed E-state index contributed by atoms with van der Waals surface area (Å²) in [4.78, 5) is 14.1. The topological polar surface area (TPSA) is 58.4 Å². The predicted octanol–water partition coefficient (Wildman–Crippen LogP) is 1.64. The van der Waals surface area contributed by atoms with Crippen molar-refractivity contribution in [3.05, 3.63) is 24.3 Å². The van der Waals surface area contributed by atoms with Crippen LogP contribution in [0.4, 0.5) is 11.4 Å². The molecule has 1 saturated heterocycles. The van der Waals surface area contributed by atoms with Gasteiger partial charge in [-0.25, -0.2) is 0 Å². The van der Waals surface area contributed by atoms with Gasteiger partial charge in [0.1, 0.15) is 0 Å². The average Bonchev–Trinajstić information content (AvgIpc) is 2.28. The van der Waals surface area contributed by atoms with Crippen LogP contribution in [0.2, 0.25) is 0 Å². The number of carbonyl (C=O) groups is 1. The third-order valence-corrected chi connectivity index (χ3v) is 4.00. The van der Waals surface area contributed by atoms with Crippen LogP contribution >= 0.6 is 11.8 Å². The molecule has 98 valence electrons. The SMILES string of the molecule is CC1CN(CC(=O)Nc2cccc(N)c2)CCS1. The van der Waals surface area contributed by atoms with Crippen molar-refractivity contribution in [1.82, 2.24) is 4.90 Å². The summed E-state index contributed by atoms with van der Waals surface area (Å²) in [6.45, 7) is 4.63. The molecule has 1 atom stereocenters. The Labute approximate surface area is 112 Å². The van der Waals surface area contributed by atoms with Crippen LogP contribution in [0.15, 0.2) is 24.3 Å². The lowest BCUT2D eigenvalue weighted by Crippen LogP contribution is -2.41. The van der Waals surface area contributed by atoms with Gasteiger partial charge in [-0.15, -0.1) is 0 Å². The Morgan fingerprint density at radius 1 is 1.61 bits per heavy atom. The Bertz CT molecular complexity index is 424. The third kappa shape index (κ3) is 3.92. The number of hydrogen-bond donors (Lipinski definition) is 2. The van der Waals surface area contributed by atoms with Crippen molar-refractivity contribution in [1.29, 1.82) is 0 Å². The van der Waals surface area contributed by atoms with Gasteiger partial charge in [-0.2, -0.15) is 11.8 Å². The lowest BCUT2D eigenvalue weighted by Gasteiger charge is -2.29. The zero-order chi connectivity index (χ0) is 13.0. The fraction of sp³-hybridized carbons (Fsp3) is 0.462. The molecule has 1 fully saturated rings. The number of nitrogen functional groups attached to an aromatic ring is 1. The number of nitrogens with zero attached hydrogens (tertiary/aromatic N) is 1. The summed E-state index contributed by atoms with van der Waals surface area (Å²) in [6.07, 6.45) is 0. The fourth-order valence-corrected chi connectivity index (χ4v) is 3.14. The monoisotopic (exact) mass is 265 g/mol. The molecule has 1 heterocycles. The highest BCUT2D eigenvalue weighted by atomic mass is 32.2. The van der Waals surface area contributed by atoms with Gasteiger partial charge in [-0.3, -0.25) is 9.69 Å². The summed E-state index contributed by atoms with van der Waals surface area (Å²) < 4.78 is 0. The molecule has 0 bridgehead atoms. The summed E-state index contributed by atoms with van der Waals surface area (Å²) in [5.74, 6) is 1.13. The standard InChI is InChI=1S/C13H19N3OS/c1-10-8-16(5-6-18-10)9-13(17)15-12-4-2-3-11(14)7-12/h2-4,7,10H,5-6,8-9,14H2,1H3,(H,15,17). The van der Waals surface area contributed by atoms with E-state index in [1.807, 2.05) is 23.9 Å². The minimum atomic E-state index is 0.0275. The summed E-state index contributed by atoms with van der Waals surface area (Å²) in [5, 5.41) is 3.49. The van der Waals surface area contributed by atoms with Crippen LogP contribution in [0, 0.1) is 0 Å². The molecule has 18 heavy (non-hydrogen) atoms. The molecule has 0 spiro atoms. The van der Waals surface area contributed by atoms with Crippen LogP contribution in [0.1, 0.15) is 6.92 Å². The Morgan fingerprint density at radius 2 is 2.44 bits per heavy atom. The molecule has 0 saturated carbocycles. The van der Waals surface area contributed by atoms with Crippen molar-refractivity contribution < 1.29 is 4.79 Å². The van der Waals surface area contributed by atoms with Gasteiger partial charge in [0.15, 0.2) is 0 Å². The van der Waals surface area contributed by atoms with Crippen molar-refractivity contribution in [2.45, 2.75) is 12.2 Å². The molecular formula is C13H19N3OS. The van der Waals surface area contributed by atoms with Gasteiger partial charge in [0.05, 0.1) is 6.54 Å². The molecule has 1 aliphatic heterocycles. The normalized spacial score (nSPS) is 20.6. The number of nitrogens with two attached hydrogens (primary N) is 1. The number of nitrogens with one attached hydrogen (secondary N) is 1. The maximum atomic E-state index is 11.9. The Hall–Kier alpha value is -1.20. The lowest BCUT2D eigenvalue weighted by molar-refractivity contribution is -0.117. The van der Waals surface area contributed by atoms with Crippen LogP contribution < -0.4 is 11.1 Å². The first kappa shape index (κ1) is 13.2. The second-order valence-corrected chi connectivity index (χ2v) is 6.14. The first-order valence-electron chi connectivity index (χ1n) is 6.13. The van der Waals surface area contributed by atoms with Crippen LogP contribution in [0.3, 0.4) is 0 Å². The predicted molar refractivity (Wildman–Crippen MR) is 77.8 cm³/mol. The minimum absolute atomic E-state index is 0.0275. The van der Waals surface area contributed by atoms with Crippen LogP contribution in [-0.4, -0.2) is 41.4 Å². The minimum Gasteiger partial charge on any atom is -0.399 e. The van der Waals surface area contributed by atoms with E-state index in [0.29, 0.717) is 17.5 Å². The molecule has 1 aromatic carbocycles. The van der Waals surface area contributed by atoms with Crippen molar-refractivity contribution in [3.63, 3.8) is 0 Å². The molecule has 4 nitrogen and oxygen atoms in total. The third-order valence-electron chi connectivity index (χ3n) is 2.86. The number of amides is 1. The highest BCUT2D eigenvalue weighted by molar-refractivity contribution is 7.99. The lowest BCUT2D eigenvalue weighted by atomic mass is 10.3. The van der Waals surface area contributed by atoms with E-state index in [9.17, 15) is 4.79 Å². The van der Waals surface area contributed by atoms with E-state index in [4.69, 9.17) is 5.73 Å². The van der Waals surface area contributed by atoms with Crippen LogP contribution in [-0.2, 0) is 4.79 Å². The molecule has 3 N–H and O–H groups in total. The van der Waals surface area contributed by atoms with Crippen molar-refractivity contribution in [2.24, 2.45) is 0 Å². The van der Waals surface area contributed by atoms with Gasteiger partial charge in [-0.1, -0.05) is 13.0 Å². The maximum Gasteiger partial charge on any atom is 0.238 e. The van der Waals surface area contributed by atoms with E-state index in [0.717, 1.165) is 24.5 Å². The molecular weight excluding hydrogens is 246 g/mol.